The highest BCUT2D eigenvalue weighted by atomic mass is 32.2. The maximum atomic E-state index is 16.0. The Kier molecular flexibility index (Phi) is 22.6. The summed E-state index contributed by atoms with van der Waals surface area (Å²) in [4.78, 5) is 138. The zero-order valence-electron chi connectivity index (χ0n) is 49.4. The summed E-state index contributed by atoms with van der Waals surface area (Å²) in [6, 6.07) is 34.6. The second-order valence-electron chi connectivity index (χ2n) is 21.6. The number of amides is 8. The number of nitrogens with one attached hydrogen (secondary N) is 8. The highest BCUT2D eigenvalue weighted by molar-refractivity contribution is 7.98. The summed E-state index contributed by atoms with van der Waals surface area (Å²) < 4.78 is 0. The van der Waals surface area contributed by atoms with E-state index in [0.29, 0.717) is 33.3 Å². The van der Waals surface area contributed by atoms with Gasteiger partial charge in [-0.1, -0.05) is 140 Å². The first-order valence-electron chi connectivity index (χ1n) is 29.1. The number of rotatable bonds is 30. The van der Waals surface area contributed by atoms with E-state index in [2.05, 4.69) is 41.9 Å². The summed E-state index contributed by atoms with van der Waals surface area (Å²) in [6.45, 7) is 2.38. The molecule has 21 nitrogen and oxygen atoms in total. The van der Waals surface area contributed by atoms with Crippen molar-refractivity contribution >= 4 is 86.6 Å². The molecule has 1 unspecified atom stereocenters. The Balaban J connectivity index is 1.17. The SMILES string of the molecule is CSCC[C@H](NC(=O)CN)C(=O)N[C@@H](C)C(=O)N(C(C(=O)c1ccccc1)c1ccccc1)[C@@H](Cc1ccc(O)cc1)C(=O)N[C@H](Cc1c[nH]c2ccccc12)C(=O)N[C@@H](C)C(=O)N[C@@H](Cc1c[nH]c2ccccc12)C(=O)N[C@H](Cc1ccccc1)C(N)=O. The fraction of sp³-hybridized carbons (Fsp3) is 0.269. The van der Waals surface area contributed by atoms with Crippen molar-refractivity contribution in [1.29, 1.82) is 0 Å². The van der Waals surface area contributed by atoms with Gasteiger partial charge in [0.15, 0.2) is 5.78 Å². The number of thioether (sulfide) groups is 1. The van der Waals surface area contributed by atoms with E-state index in [1.54, 1.807) is 103 Å². The molecule has 8 atom stereocenters. The Morgan fingerprint density at radius 3 is 1.56 bits per heavy atom. The Morgan fingerprint density at radius 1 is 0.517 bits per heavy atom. The third kappa shape index (κ3) is 17.1. The standard InChI is InChI=1S/C67H73N11O10S/c1-40(62(83)76-56(36-47-39-71-52-26-16-14-24-50(47)52)65(86)75-54(61(69)82)33-42-17-7-4-8-18-42)72-64(85)55(35-46-38-70-51-25-15-13-23-49(46)51)77-66(87)57(34-43-27-29-48(79)30-28-43)78(59(44-19-9-5-10-20-44)60(81)45-21-11-6-12-22-45)67(88)41(2)73-63(84)53(31-32-89-3)74-58(80)37-68/h4-30,38-41,53-57,59,70-71,79H,31-37,68H2,1-3H3,(H2,69,82)(H,72,85)(H,73,84)(H,74,80)(H,75,86)(H,76,83)(H,77,87)/t40-,41-,53-,54+,55+,56-,57-,59?/m0/s1. The molecule has 462 valence electrons. The smallest absolute Gasteiger partial charge is 0.246 e. The summed E-state index contributed by atoms with van der Waals surface area (Å²) >= 11 is 1.43. The second kappa shape index (κ2) is 31.0. The molecule has 0 fully saturated rings. The number of primary amides is 1. The molecule has 0 saturated heterocycles. The zero-order valence-corrected chi connectivity index (χ0v) is 50.3. The van der Waals surface area contributed by atoms with Crippen LogP contribution in [0.4, 0.5) is 0 Å². The normalized spacial score (nSPS) is 13.9. The number of para-hydroxylation sites is 2. The van der Waals surface area contributed by atoms with E-state index in [0.717, 1.165) is 21.4 Å². The summed E-state index contributed by atoms with van der Waals surface area (Å²) in [5.41, 5.74) is 15.8. The van der Waals surface area contributed by atoms with E-state index in [-0.39, 0.29) is 49.0 Å². The zero-order chi connectivity index (χ0) is 63.6. The number of phenolic OH excluding ortho intramolecular Hbond substituents is 1. The molecule has 6 aromatic carbocycles. The van der Waals surface area contributed by atoms with Gasteiger partial charge in [0.05, 0.1) is 6.54 Å². The third-order valence-corrected chi connectivity index (χ3v) is 15.9. The maximum Gasteiger partial charge on any atom is 0.246 e. The van der Waals surface area contributed by atoms with Gasteiger partial charge in [0.2, 0.25) is 47.3 Å². The minimum atomic E-state index is -1.69. The number of hydrogen-bond donors (Lipinski definition) is 11. The van der Waals surface area contributed by atoms with Crippen molar-refractivity contribution in [2.75, 3.05) is 18.6 Å². The molecule has 22 heteroatoms. The summed E-state index contributed by atoms with van der Waals surface area (Å²) in [6.07, 6.45) is 4.88. The molecule has 0 aliphatic rings. The predicted octanol–water partition coefficient (Wildman–Crippen LogP) is 4.59. The van der Waals surface area contributed by atoms with Crippen LogP contribution in [0.15, 0.2) is 176 Å². The number of aromatic hydroxyl groups is 1. The van der Waals surface area contributed by atoms with E-state index in [9.17, 15) is 29.1 Å². The monoisotopic (exact) mass is 1220 g/mol. The van der Waals surface area contributed by atoms with Crippen molar-refractivity contribution in [3.05, 3.63) is 210 Å². The number of hydrogen-bond acceptors (Lipinski definition) is 12. The number of nitrogens with zero attached hydrogens (tertiary/aromatic N) is 1. The van der Waals surface area contributed by atoms with Crippen LogP contribution in [0.1, 0.15) is 64.5 Å². The van der Waals surface area contributed by atoms with Gasteiger partial charge >= 0.3 is 0 Å². The number of benzene rings is 6. The van der Waals surface area contributed by atoms with Gasteiger partial charge in [-0.3, -0.25) is 43.2 Å². The van der Waals surface area contributed by atoms with Crippen LogP contribution >= 0.6 is 11.8 Å². The molecule has 0 radical (unpaired) electrons. The van der Waals surface area contributed by atoms with Crippen molar-refractivity contribution in [3.63, 3.8) is 0 Å². The predicted molar refractivity (Wildman–Crippen MR) is 341 cm³/mol. The van der Waals surface area contributed by atoms with E-state index < -0.39 is 108 Å². The third-order valence-electron chi connectivity index (χ3n) is 15.3. The average molecular weight is 1220 g/mol. The highest BCUT2D eigenvalue weighted by Crippen LogP contribution is 2.31. The Hall–Kier alpha value is -10.1. The first kappa shape index (κ1) is 64.9. The summed E-state index contributed by atoms with van der Waals surface area (Å²) in [5, 5.41) is 28.5. The molecular weight excluding hydrogens is 1150 g/mol. The molecule has 0 aliphatic heterocycles. The lowest BCUT2D eigenvalue weighted by Crippen LogP contribution is -2.62. The number of aromatic amines is 2. The number of nitrogens with two attached hydrogens (primary N) is 2. The van der Waals surface area contributed by atoms with Gasteiger partial charge in [-0.05, 0) is 84.4 Å². The van der Waals surface area contributed by atoms with Gasteiger partial charge in [-0.15, -0.1) is 0 Å². The van der Waals surface area contributed by atoms with Crippen LogP contribution in [0, 0.1) is 0 Å². The number of carbonyl (C=O) groups excluding carboxylic acids is 9. The second-order valence-corrected chi connectivity index (χ2v) is 22.6. The first-order chi connectivity index (χ1) is 42.9. The lowest BCUT2D eigenvalue weighted by Gasteiger charge is -2.39. The summed E-state index contributed by atoms with van der Waals surface area (Å²) in [5.74, 6) is -6.65. The van der Waals surface area contributed by atoms with E-state index in [4.69, 9.17) is 11.5 Å². The number of ketones is 1. The van der Waals surface area contributed by atoms with Gasteiger partial charge < -0.3 is 63.3 Å². The van der Waals surface area contributed by atoms with E-state index in [1.165, 1.54) is 49.9 Å². The van der Waals surface area contributed by atoms with E-state index in [1.807, 2.05) is 54.8 Å². The molecule has 13 N–H and O–H groups in total. The van der Waals surface area contributed by atoms with Gasteiger partial charge in [0, 0.05) is 65.4 Å². The van der Waals surface area contributed by atoms with Crippen LogP contribution in [0.25, 0.3) is 21.8 Å². The molecule has 0 aliphatic carbocycles. The average Bonchev–Trinajstić information content (AvgIpc) is 1.54. The molecule has 8 rings (SSSR count). The molecule has 2 aromatic heterocycles. The van der Waals surface area contributed by atoms with Gasteiger partial charge in [0.1, 0.15) is 54.1 Å². The fourth-order valence-corrected chi connectivity index (χ4v) is 11.0. The first-order valence-corrected chi connectivity index (χ1v) is 30.5. The fourth-order valence-electron chi connectivity index (χ4n) is 10.6. The van der Waals surface area contributed by atoms with Gasteiger partial charge in [-0.25, -0.2) is 0 Å². The van der Waals surface area contributed by atoms with Crippen LogP contribution in [-0.2, 0) is 64.0 Å². The topological polar surface area (TPSA) is 333 Å². The molecule has 0 spiro atoms. The lowest BCUT2D eigenvalue weighted by atomic mass is 9.91. The molecule has 2 heterocycles. The van der Waals surface area contributed by atoms with E-state index >= 15 is 19.2 Å². The number of Topliss-reactive ketones (excluding diaryl/α,β-unsaturated/α-hetero) is 1. The number of aromatic nitrogens is 2. The van der Waals surface area contributed by atoms with Gasteiger partial charge in [0.25, 0.3) is 0 Å². The largest absolute Gasteiger partial charge is 0.508 e. The number of carbonyl (C=O) groups is 9. The molecule has 0 saturated carbocycles. The van der Waals surface area contributed by atoms with Crippen LogP contribution in [-0.4, -0.2) is 134 Å². The Bertz CT molecular complexity index is 3770. The number of fused-ring (bicyclic) bond motifs is 2. The molecular formula is C67H73N11O10S. The van der Waals surface area contributed by atoms with Crippen LogP contribution in [0.3, 0.4) is 0 Å². The van der Waals surface area contributed by atoms with Crippen LogP contribution < -0.4 is 43.4 Å². The van der Waals surface area contributed by atoms with Crippen LogP contribution in [0.5, 0.6) is 5.75 Å². The minimum Gasteiger partial charge on any atom is -0.508 e. The maximum absolute atomic E-state index is 16.0. The number of H-pyrrole nitrogens is 2. The molecule has 8 aromatic rings. The van der Waals surface area contributed by atoms with Crippen molar-refractivity contribution in [3.8, 4) is 5.75 Å². The molecule has 8 amide bonds. The highest BCUT2D eigenvalue weighted by Gasteiger charge is 2.43. The van der Waals surface area contributed by atoms with Crippen molar-refractivity contribution in [2.45, 2.75) is 94.3 Å². The minimum absolute atomic E-state index is 0.0571. The Labute approximate surface area is 518 Å². The van der Waals surface area contributed by atoms with Crippen molar-refractivity contribution in [1.82, 2.24) is 46.8 Å². The van der Waals surface area contributed by atoms with Crippen molar-refractivity contribution in [2.24, 2.45) is 11.5 Å². The quantitative estimate of drug-likeness (QED) is 0.0276. The molecule has 89 heavy (non-hydrogen) atoms. The number of phenols is 1. The summed E-state index contributed by atoms with van der Waals surface area (Å²) in [7, 11) is 0. The van der Waals surface area contributed by atoms with Crippen molar-refractivity contribution < 1.29 is 48.3 Å². The molecule has 0 bridgehead atoms. The Morgan fingerprint density at radius 2 is 1.00 bits per heavy atom. The van der Waals surface area contributed by atoms with Gasteiger partial charge in [-0.2, -0.15) is 11.8 Å². The van der Waals surface area contributed by atoms with Crippen LogP contribution in [0.2, 0.25) is 0 Å². The lowest BCUT2D eigenvalue weighted by molar-refractivity contribution is -0.145.